The minimum absolute atomic E-state index is 0.755. The van der Waals surface area contributed by atoms with E-state index in [1.165, 1.54) is 81.4 Å². The van der Waals surface area contributed by atoms with Gasteiger partial charge in [0.15, 0.2) is 0 Å². The molecule has 4 aliphatic rings. The van der Waals surface area contributed by atoms with Crippen LogP contribution in [0.15, 0.2) is 6.07 Å². The lowest BCUT2D eigenvalue weighted by Crippen LogP contribution is -2.35. The van der Waals surface area contributed by atoms with Gasteiger partial charge in [-0.2, -0.15) is 0 Å². The van der Waals surface area contributed by atoms with Crippen molar-refractivity contribution in [3.05, 3.63) is 33.9 Å². The number of nitrogens with zero attached hydrogens (tertiary/aromatic N) is 4. The van der Waals surface area contributed by atoms with Crippen molar-refractivity contribution in [2.24, 2.45) is 0 Å². The van der Waals surface area contributed by atoms with E-state index in [9.17, 15) is 0 Å². The molecule has 0 saturated carbocycles. The number of rotatable bonds is 4. The number of piperidine rings is 2. The highest BCUT2D eigenvalue weighted by Gasteiger charge is 2.35. The lowest BCUT2D eigenvalue weighted by molar-refractivity contribution is -0.535. The van der Waals surface area contributed by atoms with Crippen molar-refractivity contribution in [2.75, 3.05) is 26.2 Å². The summed E-state index contributed by atoms with van der Waals surface area (Å²) in [5.41, 5.74) is 7.56. The number of aryl methyl sites for hydroxylation is 2. The average Bonchev–Trinajstić information content (AvgIpc) is 3.31. The summed E-state index contributed by atoms with van der Waals surface area (Å²) in [6.07, 6.45) is 13.1. The standard InChI is InChI=1S/C25H38N4/c1-19-12-20(2)25(16-27-14-23-9-5-7-11-29(23)18-27)21(3)24(19)15-26-13-22-8-4-6-10-28(22)17-26/h12,17-18,22-23H,4-11,13-16H2,1-3H3/q+2. The van der Waals surface area contributed by atoms with Crippen LogP contribution in [-0.4, -0.2) is 69.9 Å². The quantitative estimate of drug-likeness (QED) is 0.726. The third-order valence-corrected chi connectivity index (χ3v) is 7.87. The highest BCUT2D eigenvalue weighted by molar-refractivity contribution is 5.53. The molecule has 29 heavy (non-hydrogen) atoms. The van der Waals surface area contributed by atoms with Crippen molar-refractivity contribution in [2.45, 2.75) is 84.5 Å². The van der Waals surface area contributed by atoms with E-state index in [-0.39, 0.29) is 0 Å². The molecule has 4 heteroatoms. The van der Waals surface area contributed by atoms with Gasteiger partial charge in [-0.25, -0.2) is 0 Å². The summed E-state index contributed by atoms with van der Waals surface area (Å²) in [5, 5.41) is 0. The van der Waals surface area contributed by atoms with Gasteiger partial charge in [-0.15, -0.1) is 0 Å². The van der Waals surface area contributed by atoms with Crippen molar-refractivity contribution < 1.29 is 9.15 Å². The number of hydrogen-bond donors (Lipinski definition) is 0. The highest BCUT2D eigenvalue weighted by Crippen LogP contribution is 2.27. The van der Waals surface area contributed by atoms with Gasteiger partial charge in [0.2, 0.25) is 12.7 Å². The van der Waals surface area contributed by atoms with Crippen molar-refractivity contribution in [3.63, 3.8) is 0 Å². The van der Waals surface area contributed by atoms with Gasteiger partial charge in [0, 0.05) is 0 Å². The normalized spacial score (nSPS) is 26.3. The fraction of sp³-hybridized carbons (Fsp3) is 0.680. The van der Waals surface area contributed by atoms with Gasteiger partial charge in [0.25, 0.3) is 0 Å². The molecule has 0 amide bonds. The average molecular weight is 395 g/mol. The van der Waals surface area contributed by atoms with E-state index >= 15 is 0 Å². The minimum Gasteiger partial charge on any atom is -0.262 e. The molecule has 4 heterocycles. The van der Waals surface area contributed by atoms with Crippen LogP contribution in [-0.2, 0) is 13.1 Å². The van der Waals surface area contributed by atoms with Crippen molar-refractivity contribution >= 4 is 12.7 Å². The fourth-order valence-corrected chi connectivity index (χ4v) is 6.17. The van der Waals surface area contributed by atoms with Gasteiger partial charge < -0.3 is 0 Å². The van der Waals surface area contributed by atoms with Crippen molar-refractivity contribution in [1.29, 1.82) is 0 Å². The highest BCUT2D eigenvalue weighted by atomic mass is 15.3. The zero-order chi connectivity index (χ0) is 20.0. The summed E-state index contributed by atoms with van der Waals surface area (Å²) < 4.78 is 5.15. The Kier molecular flexibility index (Phi) is 5.13. The number of benzene rings is 1. The lowest BCUT2D eigenvalue weighted by Gasteiger charge is -2.21. The molecule has 4 aliphatic heterocycles. The first-order valence-electron chi connectivity index (χ1n) is 11.9. The molecule has 2 saturated heterocycles. The predicted molar refractivity (Wildman–Crippen MR) is 119 cm³/mol. The van der Waals surface area contributed by atoms with E-state index in [2.05, 4.69) is 58.5 Å². The number of hydrogen-bond acceptors (Lipinski definition) is 2. The molecule has 156 valence electrons. The zero-order valence-corrected chi connectivity index (χ0v) is 18.7. The van der Waals surface area contributed by atoms with E-state index in [0.29, 0.717) is 0 Å². The fourth-order valence-electron chi connectivity index (χ4n) is 6.17. The SMILES string of the molecule is Cc1cc(C)c(C[N+]2=CN3CCCCC3C2)c(C)c1C[N+]1=CN2CCCCC2C1. The Bertz CT molecular complexity index is 787. The zero-order valence-electron chi connectivity index (χ0n) is 18.7. The largest absolute Gasteiger partial charge is 0.262 e. The molecule has 1 aromatic rings. The Morgan fingerprint density at radius 2 is 1.24 bits per heavy atom. The van der Waals surface area contributed by atoms with Crippen molar-refractivity contribution in [1.82, 2.24) is 9.80 Å². The maximum Gasteiger partial charge on any atom is 0.234 e. The van der Waals surface area contributed by atoms with E-state index in [0.717, 1.165) is 25.2 Å². The van der Waals surface area contributed by atoms with Crippen LogP contribution in [0.5, 0.6) is 0 Å². The van der Waals surface area contributed by atoms with Gasteiger partial charge >= 0.3 is 0 Å². The van der Waals surface area contributed by atoms with Gasteiger partial charge in [0.05, 0.1) is 13.1 Å². The van der Waals surface area contributed by atoms with E-state index < -0.39 is 0 Å². The summed E-state index contributed by atoms with van der Waals surface area (Å²) in [6, 6.07) is 3.95. The van der Waals surface area contributed by atoms with Crippen LogP contribution in [0, 0.1) is 20.8 Å². The molecule has 0 N–H and O–H groups in total. The van der Waals surface area contributed by atoms with Crippen LogP contribution in [0.3, 0.4) is 0 Å². The van der Waals surface area contributed by atoms with Gasteiger partial charge in [-0.1, -0.05) is 6.07 Å². The Balaban J connectivity index is 1.37. The first-order valence-corrected chi connectivity index (χ1v) is 11.9. The molecule has 0 aliphatic carbocycles. The van der Waals surface area contributed by atoms with E-state index in [1.807, 2.05) is 0 Å². The molecule has 0 bridgehead atoms. The maximum atomic E-state index is 2.60. The monoisotopic (exact) mass is 394 g/mol. The lowest BCUT2D eigenvalue weighted by atomic mass is 9.93. The van der Waals surface area contributed by atoms with Crippen molar-refractivity contribution in [3.8, 4) is 0 Å². The smallest absolute Gasteiger partial charge is 0.234 e. The third kappa shape index (κ3) is 3.71. The first kappa shape index (κ1) is 19.1. The summed E-state index contributed by atoms with van der Waals surface area (Å²) in [7, 11) is 0. The summed E-state index contributed by atoms with van der Waals surface area (Å²) in [4.78, 5) is 5.19. The second-order valence-electron chi connectivity index (χ2n) is 9.96. The molecule has 0 radical (unpaired) electrons. The Morgan fingerprint density at radius 3 is 1.69 bits per heavy atom. The molecular formula is C25H38N4+2. The Hall–Kier alpha value is -1.84. The second kappa shape index (κ2) is 7.77. The van der Waals surface area contributed by atoms with E-state index in [4.69, 9.17) is 0 Å². The summed E-state index contributed by atoms with van der Waals surface area (Å²) in [5.74, 6) is 0. The molecule has 2 unspecified atom stereocenters. The molecule has 0 aromatic heterocycles. The molecular weight excluding hydrogens is 356 g/mol. The van der Waals surface area contributed by atoms with Gasteiger partial charge in [-0.05, 0) is 87.1 Å². The van der Waals surface area contributed by atoms with Crippen LogP contribution in [0.1, 0.15) is 66.3 Å². The Labute approximate surface area is 176 Å². The van der Waals surface area contributed by atoms with Crippen LogP contribution in [0.2, 0.25) is 0 Å². The van der Waals surface area contributed by atoms with Crippen LogP contribution in [0.4, 0.5) is 0 Å². The maximum absolute atomic E-state index is 2.60. The van der Waals surface area contributed by atoms with Crippen LogP contribution in [0.25, 0.3) is 0 Å². The van der Waals surface area contributed by atoms with Crippen LogP contribution < -0.4 is 0 Å². The predicted octanol–water partition coefficient (Wildman–Crippen LogP) is 3.43. The van der Waals surface area contributed by atoms with Gasteiger partial charge in [0.1, 0.15) is 38.3 Å². The van der Waals surface area contributed by atoms with Crippen LogP contribution >= 0.6 is 0 Å². The second-order valence-corrected chi connectivity index (χ2v) is 9.96. The molecule has 2 fully saturated rings. The molecule has 4 nitrogen and oxygen atoms in total. The molecule has 2 atom stereocenters. The summed E-state index contributed by atoms with van der Waals surface area (Å²) in [6.45, 7) is 14.0. The number of fused-ring (bicyclic) bond motifs is 2. The molecule has 1 aromatic carbocycles. The first-order chi connectivity index (χ1) is 14.1. The van der Waals surface area contributed by atoms with E-state index in [1.54, 1.807) is 11.1 Å². The molecule has 5 rings (SSSR count). The topological polar surface area (TPSA) is 12.5 Å². The minimum atomic E-state index is 0.755. The third-order valence-electron chi connectivity index (χ3n) is 7.87. The Morgan fingerprint density at radius 1 is 0.759 bits per heavy atom. The summed E-state index contributed by atoms with van der Waals surface area (Å²) >= 11 is 0. The van der Waals surface area contributed by atoms with Gasteiger partial charge in [-0.3, -0.25) is 19.0 Å². The molecule has 0 spiro atoms.